The van der Waals surface area contributed by atoms with Gasteiger partial charge in [-0.1, -0.05) is 36.6 Å². The van der Waals surface area contributed by atoms with E-state index in [2.05, 4.69) is 10.6 Å². The third-order valence-corrected chi connectivity index (χ3v) is 3.75. The molecule has 0 aromatic heterocycles. The van der Waals surface area contributed by atoms with Gasteiger partial charge in [-0.3, -0.25) is 4.79 Å². The Hall–Kier alpha value is -1.06. The molecule has 1 fully saturated rings. The second kappa shape index (κ2) is 7.51. The maximum absolute atomic E-state index is 12.0. The predicted molar refractivity (Wildman–Crippen MR) is 78.4 cm³/mol. The van der Waals surface area contributed by atoms with E-state index in [1.165, 1.54) is 18.4 Å². The number of nitrogens with one attached hydrogen (secondary N) is 2. The monoisotopic (exact) mass is 280 g/mol. The average Bonchev–Trinajstić information content (AvgIpc) is 2.70. The third kappa shape index (κ3) is 4.84. The van der Waals surface area contributed by atoms with E-state index in [0.717, 1.165) is 30.8 Å². The largest absolute Gasteiger partial charge is 0.354 e. The van der Waals surface area contributed by atoms with Crippen molar-refractivity contribution in [1.29, 1.82) is 0 Å². The summed E-state index contributed by atoms with van der Waals surface area (Å²) in [6.45, 7) is 1.63. The molecule has 1 unspecified atom stereocenters. The second-order valence-electron chi connectivity index (χ2n) is 5.02. The summed E-state index contributed by atoms with van der Waals surface area (Å²) in [6.07, 6.45) is 5.33. The van der Waals surface area contributed by atoms with Gasteiger partial charge in [0.05, 0.1) is 6.04 Å². The highest BCUT2D eigenvalue weighted by Gasteiger charge is 2.18. The van der Waals surface area contributed by atoms with Gasteiger partial charge in [-0.15, -0.1) is 0 Å². The average molecular weight is 281 g/mol. The van der Waals surface area contributed by atoms with Crippen LogP contribution in [0.3, 0.4) is 0 Å². The van der Waals surface area contributed by atoms with Crippen molar-refractivity contribution in [2.75, 3.05) is 13.1 Å². The molecule has 3 nitrogen and oxygen atoms in total. The van der Waals surface area contributed by atoms with Crippen LogP contribution in [0.2, 0.25) is 5.02 Å². The molecule has 1 aromatic carbocycles. The zero-order chi connectivity index (χ0) is 13.5. The fourth-order valence-electron chi connectivity index (χ4n) is 2.36. The highest BCUT2D eigenvalue weighted by Crippen LogP contribution is 2.10. The standard InChI is InChI=1S/C15H21ClN2O/c16-13-7-5-12(6-8-13)9-11-18-15(19)14-4-2-1-3-10-17-14/h5-8,14,17H,1-4,9-11H2,(H,18,19). The molecule has 0 aliphatic carbocycles. The summed E-state index contributed by atoms with van der Waals surface area (Å²) in [7, 11) is 0. The Labute approximate surface area is 119 Å². The maximum atomic E-state index is 12.0. The van der Waals surface area contributed by atoms with Crippen LogP contribution in [0.1, 0.15) is 31.2 Å². The van der Waals surface area contributed by atoms with Gasteiger partial charge in [-0.25, -0.2) is 0 Å². The van der Waals surface area contributed by atoms with Crippen molar-refractivity contribution in [2.45, 2.75) is 38.1 Å². The molecule has 104 valence electrons. The molecule has 1 saturated heterocycles. The second-order valence-corrected chi connectivity index (χ2v) is 5.46. The molecule has 1 aromatic rings. The Bertz CT molecular complexity index is 397. The summed E-state index contributed by atoms with van der Waals surface area (Å²) in [6, 6.07) is 7.75. The minimum atomic E-state index is -0.00674. The van der Waals surface area contributed by atoms with Crippen LogP contribution in [0.15, 0.2) is 24.3 Å². The minimum Gasteiger partial charge on any atom is -0.354 e. The zero-order valence-corrected chi connectivity index (χ0v) is 11.9. The molecule has 2 rings (SSSR count). The fourth-order valence-corrected chi connectivity index (χ4v) is 2.48. The fraction of sp³-hybridized carbons (Fsp3) is 0.533. The Balaban J connectivity index is 1.72. The van der Waals surface area contributed by atoms with Gasteiger partial charge < -0.3 is 10.6 Å². The normalized spacial score (nSPS) is 19.7. The number of benzene rings is 1. The first-order valence-corrected chi connectivity index (χ1v) is 7.39. The number of hydrogen-bond donors (Lipinski definition) is 2. The summed E-state index contributed by atoms with van der Waals surface area (Å²) < 4.78 is 0. The SMILES string of the molecule is O=C(NCCc1ccc(Cl)cc1)C1CCCCCN1. The Morgan fingerprint density at radius 2 is 2.05 bits per heavy atom. The van der Waals surface area contributed by atoms with Crippen molar-refractivity contribution in [2.24, 2.45) is 0 Å². The Morgan fingerprint density at radius 3 is 2.84 bits per heavy atom. The van der Waals surface area contributed by atoms with E-state index in [9.17, 15) is 4.79 Å². The van der Waals surface area contributed by atoms with E-state index in [4.69, 9.17) is 11.6 Å². The van der Waals surface area contributed by atoms with E-state index in [-0.39, 0.29) is 11.9 Å². The lowest BCUT2D eigenvalue weighted by molar-refractivity contribution is -0.123. The van der Waals surface area contributed by atoms with E-state index >= 15 is 0 Å². The summed E-state index contributed by atoms with van der Waals surface area (Å²) in [5, 5.41) is 7.06. The lowest BCUT2D eigenvalue weighted by atomic mass is 10.1. The van der Waals surface area contributed by atoms with Crippen molar-refractivity contribution in [1.82, 2.24) is 10.6 Å². The summed E-state index contributed by atoms with van der Waals surface area (Å²) in [5.74, 6) is 0.135. The van der Waals surface area contributed by atoms with Crippen LogP contribution in [0.5, 0.6) is 0 Å². The molecule has 1 atom stereocenters. The molecule has 4 heteroatoms. The van der Waals surface area contributed by atoms with Crippen LogP contribution < -0.4 is 10.6 Å². The summed E-state index contributed by atoms with van der Waals surface area (Å²) >= 11 is 5.84. The number of carbonyl (C=O) groups excluding carboxylic acids is 1. The van der Waals surface area contributed by atoms with Crippen LogP contribution in [0.4, 0.5) is 0 Å². The van der Waals surface area contributed by atoms with Crippen molar-refractivity contribution in [3.63, 3.8) is 0 Å². The number of carbonyl (C=O) groups is 1. The first kappa shape index (κ1) is 14.4. The molecule has 0 bridgehead atoms. The molecular formula is C15H21ClN2O. The molecule has 0 saturated carbocycles. The summed E-state index contributed by atoms with van der Waals surface area (Å²) in [4.78, 5) is 12.0. The zero-order valence-electron chi connectivity index (χ0n) is 11.1. The first-order valence-electron chi connectivity index (χ1n) is 7.01. The van der Waals surface area contributed by atoms with E-state index in [1.807, 2.05) is 24.3 Å². The molecule has 0 radical (unpaired) electrons. The molecule has 1 heterocycles. The molecule has 19 heavy (non-hydrogen) atoms. The number of rotatable bonds is 4. The van der Waals surface area contributed by atoms with Crippen molar-refractivity contribution >= 4 is 17.5 Å². The van der Waals surface area contributed by atoms with E-state index < -0.39 is 0 Å². The molecule has 1 aliphatic rings. The highest BCUT2D eigenvalue weighted by atomic mass is 35.5. The van der Waals surface area contributed by atoms with Gasteiger partial charge in [-0.2, -0.15) is 0 Å². The lowest BCUT2D eigenvalue weighted by Gasteiger charge is -2.15. The molecule has 1 aliphatic heterocycles. The van der Waals surface area contributed by atoms with Crippen LogP contribution in [-0.2, 0) is 11.2 Å². The quantitative estimate of drug-likeness (QED) is 0.890. The predicted octanol–water partition coefficient (Wildman–Crippen LogP) is 2.53. The van der Waals surface area contributed by atoms with Crippen LogP contribution in [-0.4, -0.2) is 25.0 Å². The van der Waals surface area contributed by atoms with Gasteiger partial charge in [0.1, 0.15) is 0 Å². The Morgan fingerprint density at radius 1 is 1.26 bits per heavy atom. The highest BCUT2D eigenvalue weighted by molar-refractivity contribution is 6.30. The van der Waals surface area contributed by atoms with Crippen LogP contribution >= 0.6 is 11.6 Å². The van der Waals surface area contributed by atoms with Gasteiger partial charge in [0.2, 0.25) is 5.91 Å². The van der Waals surface area contributed by atoms with Crippen LogP contribution in [0, 0.1) is 0 Å². The molecule has 1 amide bonds. The maximum Gasteiger partial charge on any atom is 0.237 e. The minimum absolute atomic E-state index is 0.00674. The molecule has 0 spiro atoms. The van der Waals surface area contributed by atoms with Crippen molar-refractivity contribution in [3.8, 4) is 0 Å². The van der Waals surface area contributed by atoms with Crippen molar-refractivity contribution < 1.29 is 4.79 Å². The van der Waals surface area contributed by atoms with Crippen LogP contribution in [0.25, 0.3) is 0 Å². The number of halogens is 1. The van der Waals surface area contributed by atoms with E-state index in [1.54, 1.807) is 0 Å². The van der Waals surface area contributed by atoms with Gasteiger partial charge in [0, 0.05) is 11.6 Å². The first-order chi connectivity index (χ1) is 9.25. The smallest absolute Gasteiger partial charge is 0.237 e. The third-order valence-electron chi connectivity index (χ3n) is 3.50. The van der Waals surface area contributed by atoms with Gasteiger partial charge in [0.25, 0.3) is 0 Å². The number of hydrogen-bond acceptors (Lipinski definition) is 2. The van der Waals surface area contributed by atoms with E-state index in [0.29, 0.717) is 6.54 Å². The lowest BCUT2D eigenvalue weighted by Crippen LogP contribution is -2.44. The topological polar surface area (TPSA) is 41.1 Å². The summed E-state index contributed by atoms with van der Waals surface area (Å²) in [5.41, 5.74) is 1.19. The Kier molecular flexibility index (Phi) is 5.67. The molecule has 2 N–H and O–H groups in total. The van der Waals surface area contributed by atoms with Crippen molar-refractivity contribution in [3.05, 3.63) is 34.9 Å². The molecular weight excluding hydrogens is 260 g/mol. The van der Waals surface area contributed by atoms with Gasteiger partial charge in [0.15, 0.2) is 0 Å². The number of amides is 1. The van der Waals surface area contributed by atoms with Gasteiger partial charge >= 0.3 is 0 Å². The van der Waals surface area contributed by atoms with Gasteiger partial charge in [-0.05, 0) is 43.5 Å².